The molecule has 1 aromatic carbocycles. The largest absolute Gasteiger partial charge is 0.490 e. The van der Waals surface area contributed by atoms with Crippen LogP contribution in [-0.2, 0) is 6.42 Å². The number of halogens is 1. The Bertz CT molecular complexity index is 546. The fraction of sp³-hybridized carbons (Fsp3) is 0.231. The minimum Gasteiger partial charge on any atom is -0.490 e. The molecule has 1 N–H and O–H groups in total. The Balaban J connectivity index is 2.30. The molecule has 0 atom stereocenters. The van der Waals surface area contributed by atoms with Crippen molar-refractivity contribution in [2.45, 2.75) is 13.3 Å². The van der Waals surface area contributed by atoms with Crippen molar-refractivity contribution >= 4 is 23.1 Å². The van der Waals surface area contributed by atoms with Gasteiger partial charge in [0.1, 0.15) is 6.33 Å². The van der Waals surface area contributed by atoms with E-state index in [4.69, 9.17) is 16.3 Å². The number of hydrogen-bond acceptors (Lipinski definition) is 4. The summed E-state index contributed by atoms with van der Waals surface area (Å²) in [5, 5.41) is 3.47. The summed E-state index contributed by atoms with van der Waals surface area (Å²) in [5.41, 5.74) is 2.20. The van der Waals surface area contributed by atoms with E-state index >= 15 is 0 Å². The van der Waals surface area contributed by atoms with Crippen molar-refractivity contribution in [3.63, 3.8) is 0 Å². The Kier molecular flexibility index (Phi) is 3.99. The average molecular weight is 264 g/mol. The van der Waals surface area contributed by atoms with Gasteiger partial charge in [-0.3, -0.25) is 0 Å². The van der Waals surface area contributed by atoms with Crippen LogP contribution in [0.25, 0.3) is 0 Å². The first-order valence-electron chi connectivity index (χ1n) is 5.65. The molecule has 0 fully saturated rings. The van der Waals surface area contributed by atoms with Gasteiger partial charge in [0.2, 0.25) is 0 Å². The van der Waals surface area contributed by atoms with Crippen LogP contribution >= 0.6 is 11.6 Å². The molecule has 0 aliphatic heterocycles. The summed E-state index contributed by atoms with van der Waals surface area (Å²) in [6.45, 7) is 2.11. The van der Waals surface area contributed by atoms with Crippen LogP contribution in [0.3, 0.4) is 0 Å². The molecule has 0 aliphatic rings. The first kappa shape index (κ1) is 12.6. The molecule has 0 aliphatic carbocycles. The van der Waals surface area contributed by atoms with E-state index in [2.05, 4.69) is 34.3 Å². The summed E-state index contributed by atoms with van der Waals surface area (Å²) in [5.74, 6) is 1.01. The van der Waals surface area contributed by atoms with Gasteiger partial charge in [-0.05, 0) is 24.1 Å². The van der Waals surface area contributed by atoms with Gasteiger partial charge >= 0.3 is 0 Å². The fourth-order valence-electron chi connectivity index (χ4n) is 1.63. The van der Waals surface area contributed by atoms with E-state index < -0.39 is 0 Å². The van der Waals surface area contributed by atoms with Gasteiger partial charge in [-0.15, -0.1) is 0 Å². The standard InChI is InChI=1S/C13H14ClN3O/c1-3-9-5-4-6-10(7-9)17-13-11(18-2)12(14)15-8-16-13/h4-8H,3H2,1-2H3,(H,15,16,17). The van der Waals surface area contributed by atoms with Crippen molar-refractivity contribution in [3.05, 3.63) is 41.3 Å². The molecule has 1 heterocycles. The summed E-state index contributed by atoms with van der Waals surface area (Å²) in [6, 6.07) is 8.11. The van der Waals surface area contributed by atoms with Gasteiger partial charge < -0.3 is 10.1 Å². The number of methoxy groups -OCH3 is 1. The lowest BCUT2D eigenvalue weighted by atomic mass is 10.1. The molecular formula is C13H14ClN3O. The molecule has 0 unspecified atom stereocenters. The van der Waals surface area contributed by atoms with Gasteiger partial charge in [0, 0.05) is 5.69 Å². The SMILES string of the molecule is CCc1cccc(Nc2ncnc(Cl)c2OC)c1. The van der Waals surface area contributed by atoms with Crippen LogP contribution in [0.5, 0.6) is 5.75 Å². The van der Waals surface area contributed by atoms with Crippen molar-refractivity contribution in [1.29, 1.82) is 0 Å². The molecule has 0 saturated carbocycles. The molecular weight excluding hydrogens is 250 g/mol. The molecule has 5 heteroatoms. The maximum absolute atomic E-state index is 5.94. The van der Waals surface area contributed by atoms with Crippen LogP contribution in [0, 0.1) is 0 Å². The third kappa shape index (κ3) is 2.71. The second-order valence-corrected chi connectivity index (χ2v) is 4.08. The molecule has 0 amide bonds. The number of nitrogens with one attached hydrogen (secondary N) is 1. The number of hydrogen-bond donors (Lipinski definition) is 1. The summed E-state index contributed by atoms with van der Waals surface area (Å²) < 4.78 is 5.19. The van der Waals surface area contributed by atoms with Crippen LogP contribution in [0.15, 0.2) is 30.6 Å². The van der Waals surface area contributed by atoms with E-state index in [1.165, 1.54) is 19.0 Å². The van der Waals surface area contributed by atoms with Crippen LogP contribution in [0.1, 0.15) is 12.5 Å². The fourth-order valence-corrected chi connectivity index (χ4v) is 1.84. The van der Waals surface area contributed by atoms with Gasteiger partial charge in [0.15, 0.2) is 16.7 Å². The van der Waals surface area contributed by atoms with Crippen molar-refractivity contribution in [2.24, 2.45) is 0 Å². The maximum Gasteiger partial charge on any atom is 0.199 e. The lowest BCUT2D eigenvalue weighted by Gasteiger charge is -2.11. The van der Waals surface area contributed by atoms with E-state index in [0.29, 0.717) is 16.7 Å². The molecule has 4 nitrogen and oxygen atoms in total. The zero-order valence-electron chi connectivity index (χ0n) is 10.3. The third-order valence-electron chi connectivity index (χ3n) is 2.56. The molecule has 1 aromatic heterocycles. The number of nitrogens with zero attached hydrogens (tertiary/aromatic N) is 2. The third-order valence-corrected chi connectivity index (χ3v) is 2.83. The van der Waals surface area contributed by atoms with Crippen molar-refractivity contribution in [2.75, 3.05) is 12.4 Å². The van der Waals surface area contributed by atoms with Gasteiger partial charge in [-0.1, -0.05) is 30.7 Å². The molecule has 18 heavy (non-hydrogen) atoms. The highest BCUT2D eigenvalue weighted by molar-refractivity contribution is 6.31. The first-order valence-corrected chi connectivity index (χ1v) is 6.02. The highest BCUT2D eigenvalue weighted by Crippen LogP contribution is 2.30. The predicted octanol–water partition coefficient (Wildman–Crippen LogP) is 3.44. The minimum atomic E-state index is 0.293. The van der Waals surface area contributed by atoms with Gasteiger partial charge in [-0.2, -0.15) is 0 Å². The Morgan fingerprint density at radius 2 is 2.17 bits per heavy atom. The lowest BCUT2D eigenvalue weighted by molar-refractivity contribution is 0.413. The molecule has 0 radical (unpaired) electrons. The molecule has 94 valence electrons. The first-order chi connectivity index (χ1) is 8.74. The Hall–Kier alpha value is -1.81. The number of rotatable bonds is 4. The predicted molar refractivity (Wildman–Crippen MR) is 72.7 cm³/mol. The smallest absolute Gasteiger partial charge is 0.199 e. The zero-order chi connectivity index (χ0) is 13.0. The minimum absolute atomic E-state index is 0.293. The second kappa shape index (κ2) is 5.69. The highest BCUT2D eigenvalue weighted by Gasteiger charge is 2.10. The quantitative estimate of drug-likeness (QED) is 0.859. The molecule has 2 aromatic rings. The molecule has 2 rings (SSSR count). The number of aryl methyl sites for hydroxylation is 1. The number of anilines is 2. The van der Waals surface area contributed by atoms with Crippen molar-refractivity contribution < 1.29 is 4.74 Å². The highest BCUT2D eigenvalue weighted by atomic mass is 35.5. The number of ether oxygens (including phenoxy) is 1. The second-order valence-electron chi connectivity index (χ2n) is 3.73. The van der Waals surface area contributed by atoms with Crippen molar-refractivity contribution in [1.82, 2.24) is 9.97 Å². The number of aromatic nitrogens is 2. The molecule has 0 spiro atoms. The average Bonchev–Trinajstić information content (AvgIpc) is 2.39. The summed E-state index contributed by atoms with van der Waals surface area (Å²) >= 11 is 5.94. The monoisotopic (exact) mass is 263 g/mol. The Labute approximate surface area is 111 Å². The number of benzene rings is 1. The molecule has 0 bridgehead atoms. The van der Waals surface area contributed by atoms with Crippen molar-refractivity contribution in [3.8, 4) is 5.75 Å². The van der Waals surface area contributed by atoms with E-state index in [1.54, 1.807) is 0 Å². The van der Waals surface area contributed by atoms with E-state index in [1.807, 2.05) is 12.1 Å². The normalized spacial score (nSPS) is 10.2. The van der Waals surface area contributed by atoms with Gasteiger partial charge in [0.05, 0.1) is 7.11 Å². The summed E-state index contributed by atoms with van der Waals surface area (Å²) in [7, 11) is 1.54. The van der Waals surface area contributed by atoms with Crippen LogP contribution in [-0.4, -0.2) is 17.1 Å². The van der Waals surface area contributed by atoms with E-state index in [-0.39, 0.29) is 0 Å². The lowest BCUT2D eigenvalue weighted by Crippen LogP contribution is -1.99. The van der Waals surface area contributed by atoms with E-state index in [9.17, 15) is 0 Å². The van der Waals surface area contributed by atoms with Gasteiger partial charge in [0.25, 0.3) is 0 Å². The van der Waals surface area contributed by atoms with Gasteiger partial charge in [-0.25, -0.2) is 9.97 Å². The Morgan fingerprint density at radius 1 is 1.33 bits per heavy atom. The van der Waals surface area contributed by atoms with Crippen LogP contribution in [0.4, 0.5) is 11.5 Å². The molecule has 0 saturated heterocycles. The topological polar surface area (TPSA) is 47.0 Å². The van der Waals surface area contributed by atoms with Crippen LogP contribution in [0.2, 0.25) is 5.15 Å². The summed E-state index contributed by atoms with van der Waals surface area (Å²) in [4.78, 5) is 8.00. The zero-order valence-corrected chi connectivity index (χ0v) is 11.0. The summed E-state index contributed by atoms with van der Waals surface area (Å²) in [6.07, 6.45) is 2.38. The van der Waals surface area contributed by atoms with E-state index in [0.717, 1.165) is 12.1 Å². The Morgan fingerprint density at radius 3 is 2.89 bits per heavy atom. The maximum atomic E-state index is 5.94. The van der Waals surface area contributed by atoms with Crippen LogP contribution < -0.4 is 10.1 Å².